The van der Waals surface area contributed by atoms with E-state index in [0.29, 0.717) is 5.56 Å². The molecular formula is C9H10O5S. The molecule has 0 aromatic heterocycles. The summed E-state index contributed by atoms with van der Waals surface area (Å²) in [5, 5.41) is 8.80. The molecule has 0 aliphatic rings. The van der Waals surface area contributed by atoms with Crippen molar-refractivity contribution in [1.29, 1.82) is 0 Å². The van der Waals surface area contributed by atoms with Crippen LogP contribution >= 0.6 is 0 Å². The quantitative estimate of drug-likeness (QED) is 0.746. The van der Waals surface area contributed by atoms with E-state index in [1.54, 1.807) is 6.92 Å². The van der Waals surface area contributed by atoms with Crippen molar-refractivity contribution in [3.05, 3.63) is 28.8 Å². The fraction of sp³-hybridized carbons (Fsp3) is 0.222. The van der Waals surface area contributed by atoms with Gasteiger partial charge in [0.2, 0.25) is 0 Å². The van der Waals surface area contributed by atoms with E-state index in [1.165, 1.54) is 19.1 Å². The third-order valence-electron chi connectivity index (χ3n) is 2.01. The zero-order valence-corrected chi connectivity index (χ0v) is 9.00. The van der Waals surface area contributed by atoms with Gasteiger partial charge in [-0.3, -0.25) is 4.55 Å². The number of hydrogen-bond acceptors (Lipinski definition) is 3. The minimum Gasteiger partial charge on any atom is -0.478 e. The third-order valence-corrected chi connectivity index (χ3v) is 2.99. The molecule has 0 aliphatic heterocycles. The van der Waals surface area contributed by atoms with Gasteiger partial charge in [-0.2, -0.15) is 8.42 Å². The van der Waals surface area contributed by atoms with Gasteiger partial charge in [-0.15, -0.1) is 0 Å². The van der Waals surface area contributed by atoms with Gasteiger partial charge in [0.25, 0.3) is 10.1 Å². The van der Waals surface area contributed by atoms with E-state index in [9.17, 15) is 13.2 Å². The van der Waals surface area contributed by atoms with E-state index >= 15 is 0 Å². The summed E-state index contributed by atoms with van der Waals surface area (Å²) in [7, 11) is -4.38. The van der Waals surface area contributed by atoms with Crippen molar-refractivity contribution in [3.63, 3.8) is 0 Å². The van der Waals surface area contributed by atoms with Crippen LogP contribution in [0.15, 0.2) is 17.0 Å². The van der Waals surface area contributed by atoms with E-state index in [-0.39, 0.29) is 16.0 Å². The van der Waals surface area contributed by atoms with Crippen molar-refractivity contribution in [2.75, 3.05) is 0 Å². The predicted molar refractivity (Wildman–Crippen MR) is 52.7 cm³/mol. The van der Waals surface area contributed by atoms with Gasteiger partial charge in [0.15, 0.2) is 0 Å². The highest BCUT2D eigenvalue weighted by Crippen LogP contribution is 2.21. The van der Waals surface area contributed by atoms with Gasteiger partial charge in [0.05, 0.1) is 10.5 Å². The van der Waals surface area contributed by atoms with E-state index in [4.69, 9.17) is 9.66 Å². The summed E-state index contributed by atoms with van der Waals surface area (Å²) in [4.78, 5) is 10.4. The minimum absolute atomic E-state index is 0.0376. The molecule has 82 valence electrons. The van der Waals surface area contributed by atoms with Crippen LogP contribution in [0.3, 0.4) is 0 Å². The van der Waals surface area contributed by atoms with E-state index in [0.717, 1.165) is 0 Å². The molecule has 0 atom stereocenters. The summed E-state index contributed by atoms with van der Waals surface area (Å²) in [5.41, 5.74) is 0.379. The lowest BCUT2D eigenvalue weighted by molar-refractivity contribution is 0.0695. The molecule has 0 saturated heterocycles. The smallest absolute Gasteiger partial charge is 0.336 e. The first kappa shape index (κ1) is 11.7. The first-order valence-electron chi connectivity index (χ1n) is 4.05. The molecule has 1 aromatic carbocycles. The molecule has 0 radical (unpaired) electrons. The van der Waals surface area contributed by atoms with Crippen molar-refractivity contribution in [1.82, 2.24) is 0 Å². The molecule has 2 N–H and O–H groups in total. The average molecular weight is 230 g/mol. The van der Waals surface area contributed by atoms with Crippen LogP contribution in [0.4, 0.5) is 0 Å². The highest BCUT2D eigenvalue weighted by atomic mass is 32.2. The summed E-state index contributed by atoms with van der Waals surface area (Å²) in [6.07, 6.45) is 0. The topological polar surface area (TPSA) is 91.7 Å². The maximum absolute atomic E-state index is 10.9. The van der Waals surface area contributed by atoms with Crippen LogP contribution in [0.2, 0.25) is 0 Å². The largest absolute Gasteiger partial charge is 0.478 e. The molecule has 1 rings (SSSR count). The van der Waals surface area contributed by atoms with Crippen LogP contribution < -0.4 is 0 Å². The summed E-state index contributed by atoms with van der Waals surface area (Å²) < 4.78 is 30.8. The summed E-state index contributed by atoms with van der Waals surface area (Å²) >= 11 is 0. The third kappa shape index (κ3) is 2.34. The van der Waals surface area contributed by atoms with Crippen molar-refractivity contribution < 1.29 is 22.9 Å². The molecule has 15 heavy (non-hydrogen) atoms. The normalized spacial score (nSPS) is 11.4. The summed E-state index contributed by atoms with van der Waals surface area (Å²) in [5.74, 6) is -1.22. The zero-order chi connectivity index (χ0) is 11.8. The molecule has 0 aliphatic carbocycles. The number of aryl methyl sites for hydroxylation is 1. The number of rotatable bonds is 2. The Bertz CT molecular complexity index is 516. The predicted octanol–water partition coefficient (Wildman–Crippen LogP) is 1.25. The number of carboxylic acid groups (broad SMARTS) is 1. The standard InChI is InChI=1S/C9H10O5S/c1-5-3-7(9(10)11)6(2)8(4-5)15(12,13)14/h3-4H,1-2H3,(H,10,11)(H,12,13,14). The Morgan fingerprint density at radius 3 is 2.20 bits per heavy atom. The highest BCUT2D eigenvalue weighted by molar-refractivity contribution is 7.85. The van der Waals surface area contributed by atoms with Crippen LogP contribution in [0, 0.1) is 13.8 Å². The number of hydrogen-bond donors (Lipinski definition) is 2. The fourth-order valence-electron chi connectivity index (χ4n) is 1.32. The van der Waals surface area contributed by atoms with Crippen LogP contribution in [0.25, 0.3) is 0 Å². The van der Waals surface area contributed by atoms with Crippen LogP contribution in [-0.4, -0.2) is 24.0 Å². The molecule has 5 nitrogen and oxygen atoms in total. The number of carbonyl (C=O) groups is 1. The highest BCUT2D eigenvalue weighted by Gasteiger charge is 2.19. The second kappa shape index (κ2) is 3.63. The Balaban J connectivity index is 3.63. The Morgan fingerprint density at radius 2 is 1.80 bits per heavy atom. The van der Waals surface area contributed by atoms with Gasteiger partial charge < -0.3 is 5.11 Å². The van der Waals surface area contributed by atoms with Crippen molar-refractivity contribution in [2.24, 2.45) is 0 Å². The Labute approximate surface area is 87.1 Å². The van der Waals surface area contributed by atoms with Crippen molar-refractivity contribution in [2.45, 2.75) is 18.7 Å². The maximum atomic E-state index is 10.9. The zero-order valence-electron chi connectivity index (χ0n) is 8.18. The van der Waals surface area contributed by atoms with Gasteiger partial charge in [-0.25, -0.2) is 4.79 Å². The maximum Gasteiger partial charge on any atom is 0.336 e. The first-order chi connectivity index (χ1) is 6.73. The van der Waals surface area contributed by atoms with Gasteiger partial charge in [-0.05, 0) is 37.1 Å². The van der Waals surface area contributed by atoms with E-state index in [2.05, 4.69) is 0 Å². The summed E-state index contributed by atoms with van der Waals surface area (Å²) in [6, 6.07) is 2.59. The number of aromatic carboxylic acids is 1. The molecule has 0 heterocycles. The minimum atomic E-state index is -4.38. The lowest BCUT2D eigenvalue weighted by Crippen LogP contribution is -2.08. The monoisotopic (exact) mass is 230 g/mol. The molecule has 0 fully saturated rings. The van der Waals surface area contributed by atoms with Crippen LogP contribution in [0.1, 0.15) is 21.5 Å². The lowest BCUT2D eigenvalue weighted by Gasteiger charge is -2.07. The Morgan fingerprint density at radius 1 is 1.27 bits per heavy atom. The Kier molecular flexibility index (Phi) is 2.83. The fourth-order valence-corrected chi connectivity index (χ4v) is 2.15. The molecule has 6 heteroatoms. The molecule has 0 unspecified atom stereocenters. The van der Waals surface area contributed by atoms with Gasteiger partial charge in [0.1, 0.15) is 0 Å². The Hall–Kier alpha value is -1.40. The molecule has 0 spiro atoms. The number of carboxylic acids is 1. The average Bonchev–Trinajstić information content (AvgIpc) is 2.06. The second-order valence-electron chi connectivity index (χ2n) is 3.22. The second-order valence-corrected chi connectivity index (χ2v) is 4.61. The van der Waals surface area contributed by atoms with E-state index < -0.39 is 16.1 Å². The van der Waals surface area contributed by atoms with Crippen molar-refractivity contribution >= 4 is 16.1 Å². The first-order valence-corrected chi connectivity index (χ1v) is 5.49. The van der Waals surface area contributed by atoms with Crippen LogP contribution in [-0.2, 0) is 10.1 Å². The van der Waals surface area contributed by atoms with Crippen molar-refractivity contribution in [3.8, 4) is 0 Å². The van der Waals surface area contributed by atoms with Gasteiger partial charge in [0, 0.05) is 0 Å². The SMILES string of the molecule is Cc1cc(C(=O)O)c(C)c(S(=O)(=O)O)c1. The molecule has 0 amide bonds. The molecule has 0 saturated carbocycles. The molecule has 0 bridgehead atoms. The van der Waals surface area contributed by atoms with Gasteiger partial charge in [-0.1, -0.05) is 0 Å². The summed E-state index contributed by atoms with van der Waals surface area (Å²) in [6.45, 7) is 2.90. The van der Waals surface area contributed by atoms with Crippen LogP contribution in [0.5, 0.6) is 0 Å². The molecule has 1 aromatic rings. The van der Waals surface area contributed by atoms with Gasteiger partial charge >= 0.3 is 5.97 Å². The lowest BCUT2D eigenvalue weighted by atomic mass is 10.1. The number of benzene rings is 1. The van der Waals surface area contributed by atoms with E-state index in [1.807, 2.05) is 0 Å². The molecular weight excluding hydrogens is 220 g/mol.